The third kappa shape index (κ3) is 7.33. The van der Waals surface area contributed by atoms with Gasteiger partial charge in [-0.25, -0.2) is 0 Å². The molecule has 0 saturated heterocycles. The van der Waals surface area contributed by atoms with E-state index in [1.54, 1.807) is 0 Å². The van der Waals surface area contributed by atoms with Gasteiger partial charge in [0, 0.05) is 0 Å². The van der Waals surface area contributed by atoms with Crippen LogP contribution in [0.1, 0.15) is 170 Å². The van der Waals surface area contributed by atoms with Crippen LogP contribution in [0.3, 0.4) is 0 Å². The fraction of sp³-hybridized carbons (Fsp3) is 0.462. The molecular formula is C52H69Cl2SiZr. The van der Waals surface area contributed by atoms with Crippen LogP contribution >= 0.6 is 17.0 Å². The van der Waals surface area contributed by atoms with E-state index in [9.17, 15) is 0 Å². The Morgan fingerprint density at radius 2 is 0.768 bits per heavy atom. The Hall–Kier alpha value is -1.96. The average molecular weight is 884 g/mol. The first-order valence-corrected chi connectivity index (χ1v) is 38.0. The summed E-state index contributed by atoms with van der Waals surface area (Å²) in [4.78, 5) is 0. The molecule has 0 aromatic heterocycles. The van der Waals surface area contributed by atoms with Crippen molar-refractivity contribution in [2.45, 2.75) is 141 Å². The molecule has 0 saturated carbocycles. The summed E-state index contributed by atoms with van der Waals surface area (Å²) in [5.41, 5.74) is 22.0. The van der Waals surface area contributed by atoms with Crippen molar-refractivity contribution in [3.05, 3.63) is 127 Å². The predicted octanol–water partition coefficient (Wildman–Crippen LogP) is 17.0. The van der Waals surface area contributed by atoms with Crippen LogP contribution in [0.25, 0.3) is 34.4 Å². The maximum absolute atomic E-state index is 8.97. The Morgan fingerprint density at radius 1 is 0.464 bits per heavy atom. The van der Waals surface area contributed by atoms with Gasteiger partial charge in [0.05, 0.1) is 0 Å². The molecule has 0 radical (unpaired) electrons. The molecule has 56 heavy (non-hydrogen) atoms. The minimum absolute atomic E-state index is 0.0540. The zero-order valence-corrected chi connectivity index (χ0v) is 42.5. The number of rotatable bonds is 11. The van der Waals surface area contributed by atoms with Crippen molar-refractivity contribution in [3.8, 4) is 22.3 Å². The second-order valence-corrected chi connectivity index (χ2v) is 62.3. The SMILES string of the molecule is Cc1ccc2c(c1-c1cc(C(C)C)cc(C(C)C)c1)C=C(C(C)C)[CH]2[Zr]([Cl])([Cl])([CH]1C(C(C)C)=Cc2c1ccc(C)c2-c1cc(C(C)C)cc(C(C)C)c1)[SiH](C)C. The summed E-state index contributed by atoms with van der Waals surface area (Å²) in [6.45, 7) is 37.6. The molecule has 2 atom stereocenters. The molecule has 299 valence electrons. The van der Waals surface area contributed by atoms with Crippen molar-refractivity contribution < 1.29 is 15.6 Å². The van der Waals surface area contributed by atoms with Gasteiger partial charge in [0.2, 0.25) is 0 Å². The van der Waals surface area contributed by atoms with Gasteiger partial charge in [0.15, 0.2) is 0 Å². The fourth-order valence-corrected chi connectivity index (χ4v) is 41.5. The van der Waals surface area contributed by atoms with Gasteiger partial charge in [0.1, 0.15) is 0 Å². The van der Waals surface area contributed by atoms with Gasteiger partial charge in [-0.2, -0.15) is 0 Å². The van der Waals surface area contributed by atoms with Gasteiger partial charge in [-0.05, 0) is 0 Å². The van der Waals surface area contributed by atoms with Gasteiger partial charge >= 0.3 is 353 Å². The van der Waals surface area contributed by atoms with Gasteiger partial charge < -0.3 is 0 Å². The monoisotopic (exact) mass is 881 g/mol. The molecule has 6 rings (SSSR count). The molecule has 4 heteroatoms. The van der Waals surface area contributed by atoms with Crippen molar-refractivity contribution in [1.29, 1.82) is 0 Å². The zero-order valence-electron chi connectivity index (χ0n) is 37.4. The predicted molar refractivity (Wildman–Crippen MR) is 251 cm³/mol. The number of hydrogen-bond donors (Lipinski definition) is 0. The van der Waals surface area contributed by atoms with Crippen LogP contribution in [-0.4, -0.2) is 5.92 Å². The summed E-state index contributed by atoms with van der Waals surface area (Å²) in [6, 6.07) is 24.3. The summed E-state index contributed by atoms with van der Waals surface area (Å²) < 4.78 is 0.108. The van der Waals surface area contributed by atoms with Crippen LogP contribution < -0.4 is 0 Å². The first-order valence-electron chi connectivity index (χ1n) is 21.7. The molecule has 0 spiro atoms. The molecule has 0 bridgehead atoms. The van der Waals surface area contributed by atoms with Crippen LogP contribution in [0.15, 0.2) is 71.8 Å². The molecule has 0 amide bonds. The molecule has 0 heterocycles. The Bertz CT molecular complexity index is 2020. The zero-order chi connectivity index (χ0) is 41.4. The first-order chi connectivity index (χ1) is 26.1. The molecule has 4 aromatic carbocycles. The fourth-order valence-electron chi connectivity index (χ4n) is 9.97. The molecular weight excluding hydrogens is 815 g/mol. The summed E-state index contributed by atoms with van der Waals surface area (Å²) >= 11 is -5.03. The van der Waals surface area contributed by atoms with E-state index in [4.69, 9.17) is 17.0 Å². The quantitative estimate of drug-likeness (QED) is 0.132. The molecule has 0 aliphatic heterocycles. The average Bonchev–Trinajstić information content (AvgIpc) is 3.72. The summed E-state index contributed by atoms with van der Waals surface area (Å²) in [7, 11) is 17.9. The van der Waals surface area contributed by atoms with Gasteiger partial charge in [-0.3, -0.25) is 0 Å². The standard InChI is InChI=1S/2C25H31.C2H7Si.2ClH.Zr/c2*1-15(2)20-11-21(16(3)4)13-23(12-20)25-18(7)8-9-19-10-22(17(5)6)14-24(19)25;1-3-2;;;/h2*8-17H,1-7H3;3H,1-2H3;2*1H;/q;;;;;+2/p-2. The minimum atomic E-state index is -5.03. The van der Waals surface area contributed by atoms with Crippen molar-refractivity contribution in [3.63, 3.8) is 0 Å². The van der Waals surface area contributed by atoms with Gasteiger partial charge in [-0.15, -0.1) is 0 Å². The summed E-state index contributed by atoms with van der Waals surface area (Å²) in [5.74, 6) is 0.710. The number of halogens is 2. The molecule has 0 fully saturated rings. The number of fused-ring (bicyclic) bond motifs is 2. The number of hydrogen-bond acceptors (Lipinski definition) is 0. The van der Waals surface area contributed by atoms with Crippen LogP contribution in [0.2, 0.25) is 13.1 Å². The van der Waals surface area contributed by atoms with Crippen LogP contribution in [0.5, 0.6) is 0 Å². The first kappa shape index (κ1) is 43.6. The van der Waals surface area contributed by atoms with Gasteiger partial charge in [0.25, 0.3) is 0 Å². The van der Waals surface area contributed by atoms with Crippen LogP contribution in [-0.2, 0) is 15.6 Å². The second kappa shape index (κ2) is 15.9. The van der Waals surface area contributed by atoms with Crippen molar-refractivity contribution in [2.24, 2.45) is 11.8 Å². The molecule has 0 N–H and O–H groups in total. The van der Waals surface area contributed by atoms with E-state index < -0.39 is 21.5 Å². The third-order valence-corrected chi connectivity index (χ3v) is 65.3. The topological polar surface area (TPSA) is 0 Å². The molecule has 0 nitrogen and oxygen atoms in total. The Kier molecular flexibility index (Phi) is 12.4. The summed E-state index contributed by atoms with van der Waals surface area (Å²) in [5, 5.41) is 0. The second-order valence-electron chi connectivity index (χ2n) is 19.8. The Balaban J connectivity index is 1.65. The Labute approximate surface area is 350 Å². The van der Waals surface area contributed by atoms with E-state index in [0.29, 0.717) is 35.5 Å². The van der Waals surface area contributed by atoms with Crippen molar-refractivity contribution in [2.75, 3.05) is 0 Å². The van der Waals surface area contributed by atoms with Gasteiger partial charge in [-0.1, -0.05) is 0 Å². The number of allylic oxidation sites excluding steroid dienone is 2. The van der Waals surface area contributed by atoms with Crippen molar-refractivity contribution >= 4 is 35.1 Å². The van der Waals surface area contributed by atoms with E-state index in [1.807, 2.05) is 0 Å². The normalized spacial score (nSPS) is 17.8. The van der Waals surface area contributed by atoms with E-state index in [1.165, 1.54) is 89.0 Å². The molecule has 2 unspecified atom stereocenters. The molecule has 4 aromatic rings. The van der Waals surface area contributed by atoms with E-state index in [0.717, 1.165) is 0 Å². The molecule has 2 aliphatic carbocycles. The van der Waals surface area contributed by atoms with Crippen LogP contribution in [0.4, 0.5) is 0 Å². The Morgan fingerprint density at radius 3 is 1.02 bits per heavy atom. The summed E-state index contributed by atoms with van der Waals surface area (Å²) in [6.07, 6.45) is 5.11. The number of aryl methyl sites for hydroxylation is 2. The third-order valence-electron chi connectivity index (χ3n) is 13.6. The molecule has 2 aliphatic rings. The van der Waals surface area contributed by atoms with E-state index in [-0.39, 0.29) is 7.25 Å². The van der Waals surface area contributed by atoms with E-state index in [2.05, 4.69) is 183 Å². The van der Waals surface area contributed by atoms with Crippen LogP contribution in [0, 0.1) is 25.7 Å². The maximum atomic E-state index is 8.97. The van der Waals surface area contributed by atoms with E-state index >= 15 is 0 Å². The number of benzene rings is 4. The van der Waals surface area contributed by atoms with Crippen molar-refractivity contribution in [1.82, 2.24) is 0 Å².